The summed E-state index contributed by atoms with van der Waals surface area (Å²) in [6.45, 7) is 0. The zero-order valence-electron chi connectivity index (χ0n) is 6.84. The first kappa shape index (κ1) is 9.78. The second-order valence-electron chi connectivity index (χ2n) is 2.84. The number of β-lactam (4-membered cyclic amide) rings is 1. The van der Waals surface area contributed by atoms with Gasteiger partial charge in [-0.2, -0.15) is 8.42 Å². The summed E-state index contributed by atoms with van der Waals surface area (Å²) in [6, 6.07) is 0. The zero-order valence-corrected chi connectivity index (χ0v) is 8.48. The molecule has 0 aromatic rings. The van der Waals surface area contributed by atoms with Gasteiger partial charge in [-0.25, -0.2) is 0 Å². The summed E-state index contributed by atoms with van der Waals surface area (Å²) in [5.74, 6) is 0.0961. The molecule has 0 saturated carbocycles. The normalized spacial score (nSPS) is 26.4. The van der Waals surface area contributed by atoms with Crippen LogP contribution in [0, 0.1) is 0 Å². The minimum Gasteiger partial charge on any atom is -0.360 e. The number of hydrogen-bond acceptors (Lipinski definition) is 5. The van der Waals surface area contributed by atoms with Gasteiger partial charge in [0.25, 0.3) is 0 Å². The molecule has 0 unspecified atom stereocenters. The van der Waals surface area contributed by atoms with Gasteiger partial charge in [0.15, 0.2) is 0 Å². The first-order valence-electron chi connectivity index (χ1n) is 3.73. The summed E-state index contributed by atoms with van der Waals surface area (Å²) in [6.07, 6.45) is 1.68. The standard InChI is InChI=1S/C6H6FNO4S2/c7-14(10,11)12-4-2-8-5(9)1-6(8)13-3-4/h2,6H,1,3H2/t6-/m0/s1. The molecular formula is C6H6FNO4S2. The molecule has 0 bridgehead atoms. The molecule has 2 aliphatic rings. The summed E-state index contributed by atoms with van der Waals surface area (Å²) >= 11 is 1.35. The highest BCUT2D eigenvalue weighted by Gasteiger charge is 2.39. The van der Waals surface area contributed by atoms with Crippen molar-refractivity contribution in [2.75, 3.05) is 5.75 Å². The Morgan fingerprint density at radius 3 is 2.93 bits per heavy atom. The van der Waals surface area contributed by atoms with Crippen LogP contribution < -0.4 is 0 Å². The number of carbonyl (C=O) groups excluding carboxylic acids is 1. The minimum absolute atomic E-state index is 0.0529. The highest BCUT2D eigenvalue weighted by atomic mass is 32.3. The molecule has 0 aromatic carbocycles. The van der Waals surface area contributed by atoms with E-state index in [1.165, 1.54) is 22.9 Å². The first-order chi connectivity index (χ1) is 6.46. The van der Waals surface area contributed by atoms with E-state index in [4.69, 9.17) is 0 Å². The third-order valence-electron chi connectivity index (χ3n) is 1.86. The van der Waals surface area contributed by atoms with Crippen LogP contribution in [0.25, 0.3) is 0 Å². The maximum atomic E-state index is 12.1. The third-order valence-corrected chi connectivity index (χ3v) is 3.50. The molecule has 8 heteroatoms. The predicted octanol–water partition coefficient (Wildman–Crippen LogP) is 0.364. The van der Waals surface area contributed by atoms with Crippen molar-refractivity contribution in [3.63, 3.8) is 0 Å². The van der Waals surface area contributed by atoms with Crippen LogP contribution in [0.1, 0.15) is 6.42 Å². The largest absolute Gasteiger partial charge is 0.488 e. The third kappa shape index (κ3) is 1.85. The Hall–Kier alpha value is -0.760. The number of nitrogens with zero attached hydrogens (tertiary/aromatic N) is 1. The monoisotopic (exact) mass is 239 g/mol. The van der Waals surface area contributed by atoms with Gasteiger partial charge in [0.1, 0.15) is 5.76 Å². The lowest BCUT2D eigenvalue weighted by Gasteiger charge is -2.40. The Morgan fingerprint density at radius 2 is 2.36 bits per heavy atom. The van der Waals surface area contributed by atoms with Gasteiger partial charge in [0, 0.05) is 6.20 Å². The Balaban J connectivity index is 2.11. The topological polar surface area (TPSA) is 63.7 Å². The molecule has 1 fully saturated rings. The number of rotatable bonds is 2. The summed E-state index contributed by atoms with van der Waals surface area (Å²) in [7, 11) is -4.98. The minimum atomic E-state index is -4.98. The molecule has 1 amide bonds. The maximum absolute atomic E-state index is 12.1. The summed E-state index contributed by atoms with van der Waals surface area (Å²) in [4.78, 5) is 12.3. The van der Waals surface area contributed by atoms with Crippen LogP contribution in [-0.4, -0.2) is 30.4 Å². The van der Waals surface area contributed by atoms with Crippen molar-refractivity contribution in [3.8, 4) is 0 Å². The molecule has 1 saturated heterocycles. The van der Waals surface area contributed by atoms with E-state index < -0.39 is 10.5 Å². The fourth-order valence-corrected chi connectivity index (χ4v) is 2.76. The Morgan fingerprint density at radius 1 is 1.64 bits per heavy atom. The highest BCUT2D eigenvalue weighted by molar-refractivity contribution is 8.00. The SMILES string of the molecule is O=C1C[C@@H]2SCC(OS(=O)(=O)F)=CN12. The first-order valence-corrected chi connectivity index (χ1v) is 6.09. The summed E-state index contributed by atoms with van der Waals surface area (Å²) in [5, 5.41) is 0.0529. The average Bonchev–Trinajstić information content (AvgIpc) is 2.04. The fourth-order valence-electron chi connectivity index (χ4n) is 1.24. The van der Waals surface area contributed by atoms with Crippen molar-refractivity contribution in [2.45, 2.75) is 11.8 Å². The van der Waals surface area contributed by atoms with Crippen molar-refractivity contribution >= 4 is 28.2 Å². The van der Waals surface area contributed by atoms with Gasteiger partial charge >= 0.3 is 10.5 Å². The van der Waals surface area contributed by atoms with Gasteiger partial charge in [0.05, 0.1) is 17.5 Å². The lowest BCUT2D eigenvalue weighted by Crippen LogP contribution is -2.49. The summed E-state index contributed by atoms with van der Waals surface area (Å²) in [5.41, 5.74) is 0. The molecule has 0 aromatic heterocycles. The number of fused-ring (bicyclic) bond motifs is 1. The molecule has 2 heterocycles. The van der Waals surface area contributed by atoms with E-state index in [9.17, 15) is 17.1 Å². The molecule has 0 spiro atoms. The van der Waals surface area contributed by atoms with Crippen molar-refractivity contribution in [1.29, 1.82) is 0 Å². The van der Waals surface area contributed by atoms with Gasteiger partial charge in [-0.3, -0.25) is 4.79 Å². The number of halogens is 1. The van der Waals surface area contributed by atoms with Gasteiger partial charge in [-0.05, 0) is 0 Å². The predicted molar refractivity (Wildman–Crippen MR) is 46.9 cm³/mol. The van der Waals surface area contributed by atoms with Crippen molar-refractivity contribution < 1.29 is 21.3 Å². The van der Waals surface area contributed by atoms with Crippen molar-refractivity contribution in [2.24, 2.45) is 0 Å². The molecular weight excluding hydrogens is 233 g/mol. The second-order valence-corrected chi connectivity index (χ2v) is 4.96. The smallest absolute Gasteiger partial charge is 0.360 e. The molecule has 2 aliphatic heterocycles. The highest BCUT2D eigenvalue weighted by Crippen LogP contribution is 2.36. The van der Waals surface area contributed by atoms with Gasteiger partial charge in [-0.15, -0.1) is 11.8 Å². The van der Waals surface area contributed by atoms with Crippen LogP contribution in [0.15, 0.2) is 12.0 Å². The maximum Gasteiger partial charge on any atom is 0.488 e. The number of hydrogen-bond donors (Lipinski definition) is 0. The van der Waals surface area contributed by atoms with E-state index in [1.807, 2.05) is 0 Å². The van der Waals surface area contributed by atoms with Crippen LogP contribution in [0.3, 0.4) is 0 Å². The second kappa shape index (κ2) is 3.13. The fraction of sp³-hybridized carbons (Fsp3) is 0.500. The van der Waals surface area contributed by atoms with Gasteiger partial charge < -0.3 is 9.08 Å². The molecule has 0 N–H and O–H groups in total. The number of carbonyl (C=O) groups is 1. The molecule has 14 heavy (non-hydrogen) atoms. The zero-order chi connectivity index (χ0) is 10.3. The number of amides is 1. The van der Waals surface area contributed by atoms with Crippen LogP contribution >= 0.6 is 11.8 Å². The molecule has 2 rings (SSSR count). The Labute approximate surface area is 84.3 Å². The quantitative estimate of drug-likeness (QED) is 0.514. The lowest BCUT2D eigenvalue weighted by molar-refractivity contribution is -0.137. The molecule has 1 atom stereocenters. The van der Waals surface area contributed by atoms with Crippen LogP contribution in [0.4, 0.5) is 3.89 Å². The van der Waals surface area contributed by atoms with E-state index in [0.717, 1.165) is 0 Å². The molecule has 0 aliphatic carbocycles. The molecule has 78 valence electrons. The van der Waals surface area contributed by atoms with Crippen molar-refractivity contribution in [1.82, 2.24) is 4.90 Å². The Bertz CT molecular complexity index is 404. The van der Waals surface area contributed by atoms with E-state index in [0.29, 0.717) is 6.42 Å². The van der Waals surface area contributed by atoms with Crippen LogP contribution in [0.5, 0.6) is 0 Å². The molecule has 5 nitrogen and oxygen atoms in total. The average molecular weight is 239 g/mol. The number of thioether (sulfide) groups is 1. The van der Waals surface area contributed by atoms with Crippen molar-refractivity contribution in [3.05, 3.63) is 12.0 Å². The Kier molecular flexibility index (Phi) is 2.18. The van der Waals surface area contributed by atoms with Gasteiger partial charge in [-0.1, -0.05) is 3.89 Å². The molecule has 0 radical (unpaired) electrons. The van der Waals surface area contributed by atoms with Crippen LogP contribution in [0.2, 0.25) is 0 Å². The van der Waals surface area contributed by atoms with E-state index in [2.05, 4.69) is 4.18 Å². The van der Waals surface area contributed by atoms with E-state index in [1.54, 1.807) is 0 Å². The van der Waals surface area contributed by atoms with Gasteiger partial charge in [0.2, 0.25) is 5.91 Å². The lowest BCUT2D eigenvalue weighted by atomic mass is 10.2. The van der Waals surface area contributed by atoms with E-state index in [-0.39, 0.29) is 22.8 Å². The van der Waals surface area contributed by atoms with E-state index >= 15 is 0 Å². The van der Waals surface area contributed by atoms with Crippen LogP contribution in [-0.2, 0) is 19.5 Å². The summed E-state index contributed by atoms with van der Waals surface area (Å²) < 4.78 is 36.4.